The Kier molecular flexibility index (Phi) is 5.35. The molecule has 164 valence electrons. The maximum Gasteiger partial charge on any atom is 0.343 e. The minimum Gasteiger partial charge on any atom is -0.492 e. The van der Waals surface area contributed by atoms with Crippen molar-refractivity contribution in [1.29, 1.82) is 0 Å². The van der Waals surface area contributed by atoms with Gasteiger partial charge >= 0.3 is 5.97 Å². The molecular weight excluding hydrogens is 430 g/mol. The molecule has 2 aromatic carbocycles. The molecule has 0 spiro atoms. The fraction of sp³-hybridized carbons (Fsp3) is 0.292. The zero-order valence-electron chi connectivity index (χ0n) is 17.6. The predicted molar refractivity (Wildman–Crippen MR) is 123 cm³/mol. The maximum atomic E-state index is 12.8. The quantitative estimate of drug-likeness (QED) is 0.417. The number of fused-ring (bicyclic) bond motifs is 2. The zero-order valence-corrected chi connectivity index (χ0v) is 18.3. The van der Waals surface area contributed by atoms with E-state index in [2.05, 4.69) is 9.97 Å². The van der Waals surface area contributed by atoms with Gasteiger partial charge in [-0.25, -0.2) is 9.78 Å². The van der Waals surface area contributed by atoms with E-state index in [0.29, 0.717) is 46.6 Å². The summed E-state index contributed by atoms with van der Waals surface area (Å²) in [6, 6.07) is 10.8. The molecule has 7 nitrogen and oxygen atoms in total. The van der Waals surface area contributed by atoms with Gasteiger partial charge in [0.15, 0.2) is 0 Å². The van der Waals surface area contributed by atoms with E-state index in [1.54, 1.807) is 19.1 Å². The van der Waals surface area contributed by atoms with Crippen LogP contribution in [0.4, 0.5) is 0 Å². The molecule has 0 atom stereocenters. The first kappa shape index (κ1) is 20.6. The van der Waals surface area contributed by atoms with Crippen molar-refractivity contribution in [2.75, 3.05) is 13.2 Å². The van der Waals surface area contributed by atoms with Crippen molar-refractivity contribution in [3.63, 3.8) is 0 Å². The molecule has 1 saturated carbocycles. The van der Waals surface area contributed by atoms with Gasteiger partial charge in [0.05, 0.1) is 41.3 Å². The summed E-state index contributed by atoms with van der Waals surface area (Å²) in [5.74, 6) is 1.28. The van der Waals surface area contributed by atoms with Crippen molar-refractivity contribution in [2.24, 2.45) is 5.92 Å². The van der Waals surface area contributed by atoms with Gasteiger partial charge in [-0.15, -0.1) is 0 Å². The molecule has 2 aromatic heterocycles. The SMILES string of the molecule is CCOC(=O)c1cn(Cc2nc3cc(OCC4CC4)c(Cl)cc3[nH]2)c2ccccc2c1=O. The highest BCUT2D eigenvalue weighted by molar-refractivity contribution is 6.32. The molecule has 2 heterocycles. The van der Waals surface area contributed by atoms with E-state index in [9.17, 15) is 9.59 Å². The average molecular weight is 452 g/mol. The highest BCUT2D eigenvalue weighted by atomic mass is 35.5. The van der Waals surface area contributed by atoms with Gasteiger partial charge in [-0.05, 0) is 43.9 Å². The number of ether oxygens (including phenoxy) is 2. The number of pyridine rings is 1. The van der Waals surface area contributed by atoms with Gasteiger partial charge in [0.2, 0.25) is 5.43 Å². The van der Waals surface area contributed by atoms with E-state index in [1.807, 2.05) is 28.8 Å². The van der Waals surface area contributed by atoms with Crippen molar-refractivity contribution in [3.8, 4) is 5.75 Å². The lowest BCUT2D eigenvalue weighted by atomic mass is 10.1. The molecule has 4 aromatic rings. The highest BCUT2D eigenvalue weighted by Gasteiger charge is 2.23. The second kappa shape index (κ2) is 8.31. The fourth-order valence-electron chi connectivity index (χ4n) is 3.73. The first-order valence-corrected chi connectivity index (χ1v) is 11.0. The van der Waals surface area contributed by atoms with Gasteiger partial charge in [0, 0.05) is 17.6 Å². The lowest BCUT2D eigenvalue weighted by Gasteiger charge is -2.12. The lowest BCUT2D eigenvalue weighted by Crippen LogP contribution is -2.21. The molecule has 0 aliphatic heterocycles. The van der Waals surface area contributed by atoms with Crippen LogP contribution in [0.2, 0.25) is 5.02 Å². The molecule has 0 saturated heterocycles. The van der Waals surface area contributed by atoms with Crippen LogP contribution in [0.1, 0.15) is 35.9 Å². The second-order valence-corrected chi connectivity index (χ2v) is 8.38. The van der Waals surface area contributed by atoms with Crippen LogP contribution in [0.5, 0.6) is 5.75 Å². The van der Waals surface area contributed by atoms with Crippen LogP contribution in [0, 0.1) is 5.92 Å². The Hall–Kier alpha value is -3.32. The van der Waals surface area contributed by atoms with Crippen LogP contribution in [-0.2, 0) is 11.3 Å². The number of carbonyl (C=O) groups is 1. The number of carbonyl (C=O) groups excluding carboxylic acids is 1. The Labute approximate surface area is 188 Å². The Morgan fingerprint density at radius 1 is 1.28 bits per heavy atom. The molecule has 1 aliphatic carbocycles. The van der Waals surface area contributed by atoms with Crippen LogP contribution in [0.25, 0.3) is 21.9 Å². The lowest BCUT2D eigenvalue weighted by molar-refractivity contribution is 0.0524. The summed E-state index contributed by atoms with van der Waals surface area (Å²) in [6.45, 7) is 2.90. The summed E-state index contributed by atoms with van der Waals surface area (Å²) >= 11 is 6.39. The van der Waals surface area contributed by atoms with Crippen molar-refractivity contribution in [3.05, 3.63) is 69.2 Å². The minimum atomic E-state index is -0.633. The molecular formula is C24H22ClN3O4. The molecule has 8 heteroatoms. The number of aromatic amines is 1. The number of esters is 1. The standard InChI is InChI=1S/C24H22ClN3O4/c1-2-31-24(30)16-11-28(20-6-4-3-5-15(20)23(16)29)12-22-26-18-9-17(25)21(10-19(18)27-22)32-13-14-7-8-14/h3-6,9-11,14H,2,7-8,12-13H2,1H3,(H,26,27). The second-order valence-electron chi connectivity index (χ2n) is 7.98. The number of para-hydroxylation sites is 1. The number of imidazole rings is 1. The summed E-state index contributed by atoms with van der Waals surface area (Å²) in [5, 5.41) is 0.986. The van der Waals surface area contributed by atoms with Gasteiger partial charge in [0.1, 0.15) is 17.1 Å². The number of rotatable bonds is 7. The van der Waals surface area contributed by atoms with E-state index in [-0.39, 0.29) is 17.6 Å². The van der Waals surface area contributed by atoms with E-state index in [4.69, 9.17) is 21.1 Å². The number of aromatic nitrogens is 3. The molecule has 5 rings (SSSR count). The third kappa shape index (κ3) is 3.96. The number of halogens is 1. The van der Waals surface area contributed by atoms with Crippen LogP contribution in [0.3, 0.4) is 0 Å². The molecule has 32 heavy (non-hydrogen) atoms. The van der Waals surface area contributed by atoms with Gasteiger partial charge in [-0.2, -0.15) is 0 Å². The highest BCUT2D eigenvalue weighted by Crippen LogP contribution is 2.33. The van der Waals surface area contributed by atoms with E-state index in [0.717, 1.165) is 11.0 Å². The topological polar surface area (TPSA) is 86.2 Å². The number of benzene rings is 2. The number of hydrogen-bond donors (Lipinski definition) is 1. The summed E-state index contributed by atoms with van der Waals surface area (Å²) < 4.78 is 12.8. The number of hydrogen-bond acceptors (Lipinski definition) is 5. The van der Waals surface area contributed by atoms with E-state index < -0.39 is 5.97 Å². The van der Waals surface area contributed by atoms with E-state index >= 15 is 0 Å². The van der Waals surface area contributed by atoms with Crippen LogP contribution in [-0.4, -0.2) is 33.7 Å². The molecule has 0 unspecified atom stereocenters. The number of H-pyrrole nitrogens is 1. The first-order valence-electron chi connectivity index (χ1n) is 10.6. The normalized spacial score (nSPS) is 13.6. The van der Waals surface area contributed by atoms with Crippen molar-refractivity contribution in [2.45, 2.75) is 26.3 Å². The largest absolute Gasteiger partial charge is 0.492 e. The zero-order chi connectivity index (χ0) is 22.2. The molecule has 1 N–H and O–H groups in total. The fourth-order valence-corrected chi connectivity index (χ4v) is 3.95. The van der Waals surface area contributed by atoms with Gasteiger partial charge in [-0.3, -0.25) is 4.79 Å². The van der Waals surface area contributed by atoms with Gasteiger partial charge in [0.25, 0.3) is 0 Å². The summed E-state index contributed by atoms with van der Waals surface area (Å²) in [4.78, 5) is 33.1. The van der Waals surface area contributed by atoms with E-state index in [1.165, 1.54) is 19.0 Å². The third-order valence-corrected chi connectivity index (χ3v) is 5.85. The van der Waals surface area contributed by atoms with Gasteiger partial charge < -0.3 is 19.0 Å². The summed E-state index contributed by atoms with van der Waals surface area (Å²) in [7, 11) is 0. The monoisotopic (exact) mass is 451 g/mol. The average Bonchev–Trinajstić information content (AvgIpc) is 3.53. The predicted octanol–water partition coefficient (Wildman–Crippen LogP) is 4.55. The maximum absolute atomic E-state index is 12.8. The van der Waals surface area contributed by atoms with Crippen LogP contribution < -0.4 is 10.2 Å². The van der Waals surface area contributed by atoms with Crippen LogP contribution in [0.15, 0.2) is 47.4 Å². The molecule has 0 amide bonds. The molecule has 1 fully saturated rings. The van der Waals surface area contributed by atoms with Gasteiger partial charge in [-0.1, -0.05) is 23.7 Å². The number of nitrogens with one attached hydrogen (secondary N) is 1. The minimum absolute atomic E-state index is 0.000433. The Bertz CT molecular complexity index is 1390. The number of nitrogens with zero attached hydrogens (tertiary/aromatic N) is 2. The van der Waals surface area contributed by atoms with Crippen molar-refractivity contribution >= 4 is 39.5 Å². The summed E-state index contributed by atoms with van der Waals surface area (Å²) in [6.07, 6.45) is 3.94. The van der Waals surface area contributed by atoms with Crippen LogP contribution >= 0.6 is 11.6 Å². The Morgan fingerprint density at radius 2 is 2.09 bits per heavy atom. The van der Waals surface area contributed by atoms with Crippen molar-refractivity contribution < 1.29 is 14.3 Å². The Balaban J connectivity index is 1.52. The molecule has 1 aliphatic rings. The van der Waals surface area contributed by atoms with Crippen molar-refractivity contribution in [1.82, 2.24) is 14.5 Å². The third-order valence-electron chi connectivity index (χ3n) is 5.56. The Morgan fingerprint density at radius 3 is 2.88 bits per heavy atom. The first-order chi connectivity index (χ1) is 15.5. The molecule has 0 radical (unpaired) electrons. The summed E-state index contributed by atoms with van der Waals surface area (Å²) in [5.41, 5.74) is 1.90. The smallest absolute Gasteiger partial charge is 0.343 e. The molecule has 0 bridgehead atoms.